The Balaban J connectivity index is 2.28. The molecule has 2 unspecified atom stereocenters. The molecule has 0 heterocycles. The maximum atomic E-state index is 10.3. The summed E-state index contributed by atoms with van der Waals surface area (Å²) >= 11 is 0. The van der Waals surface area contributed by atoms with Gasteiger partial charge in [0.05, 0.1) is 0 Å². The Morgan fingerprint density at radius 1 is 1.38 bits per heavy atom. The monoisotopic (exact) mass is 182 g/mol. The highest BCUT2D eigenvalue weighted by Crippen LogP contribution is 2.35. The van der Waals surface area contributed by atoms with Gasteiger partial charge in [0.2, 0.25) is 0 Å². The molecular weight excluding hydrogens is 160 g/mol. The van der Waals surface area contributed by atoms with Crippen molar-refractivity contribution in [2.24, 2.45) is 17.8 Å². The summed E-state index contributed by atoms with van der Waals surface area (Å²) in [7, 11) is 0. The van der Waals surface area contributed by atoms with Crippen LogP contribution in [0.4, 0.5) is 0 Å². The Labute approximate surface area is 81.9 Å². The van der Waals surface area contributed by atoms with Gasteiger partial charge < -0.3 is 4.79 Å². The first kappa shape index (κ1) is 10.7. The molecule has 2 atom stereocenters. The molecule has 1 heteroatoms. The molecule has 0 aromatic rings. The molecule has 13 heavy (non-hydrogen) atoms. The van der Waals surface area contributed by atoms with Crippen molar-refractivity contribution in [3.05, 3.63) is 0 Å². The fourth-order valence-corrected chi connectivity index (χ4v) is 2.50. The van der Waals surface area contributed by atoms with Gasteiger partial charge in [0.25, 0.3) is 0 Å². The minimum absolute atomic E-state index is 0.773. The van der Waals surface area contributed by atoms with Crippen molar-refractivity contribution in [3.8, 4) is 0 Å². The Hall–Kier alpha value is -0.330. The van der Waals surface area contributed by atoms with Crippen LogP contribution in [0.2, 0.25) is 0 Å². The van der Waals surface area contributed by atoms with Gasteiger partial charge in [-0.25, -0.2) is 0 Å². The molecule has 1 nitrogen and oxygen atoms in total. The molecule has 0 aromatic heterocycles. The third-order valence-corrected chi connectivity index (χ3v) is 3.46. The molecule has 1 rings (SSSR count). The second-order valence-corrected chi connectivity index (χ2v) is 4.78. The Morgan fingerprint density at radius 3 is 2.77 bits per heavy atom. The topological polar surface area (TPSA) is 17.1 Å². The number of carbonyl (C=O) groups excluding carboxylic acids is 1. The molecule has 0 bridgehead atoms. The van der Waals surface area contributed by atoms with Crippen LogP contribution in [-0.4, -0.2) is 6.29 Å². The van der Waals surface area contributed by atoms with Crippen LogP contribution in [-0.2, 0) is 4.79 Å². The first-order valence-electron chi connectivity index (χ1n) is 5.67. The van der Waals surface area contributed by atoms with Crippen LogP contribution in [0.1, 0.15) is 52.4 Å². The zero-order chi connectivity index (χ0) is 9.68. The van der Waals surface area contributed by atoms with Gasteiger partial charge in [-0.15, -0.1) is 0 Å². The van der Waals surface area contributed by atoms with Gasteiger partial charge in [0.1, 0.15) is 6.29 Å². The molecule has 76 valence electrons. The van der Waals surface area contributed by atoms with Crippen LogP contribution in [0.5, 0.6) is 0 Å². The molecule has 1 aliphatic carbocycles. The number of rotatable bonds is 4. The molecule has 0 N–H and O–H groups in total. The summed E-state index contributed by atoms with van der Waals surface area (Å²) in [4.78, 5) is 10.3. The van der Waals surface area contributed by atoms with Crippen LogP contribution < -0.4 is 0 Å². The van der Waals surface area contributed by atoms with E-state index in [2.05, 4.69) is 13.8 Å². The summed E-state index contributed by atoms with van der Waals surface area (Å²) in [5.74, 6) is 2.59. The minimum Gasteiger partial charge on any atom is -0.303 e. The zero-order valence-electron chi connectivity index (χ0n) is 8.96. The van der Waals surface area contributed by atoms with E-state index in [4.69, 9.17) is 0 Å². The van der Waals surface area contributed by atoms with E-state index < -0.39 is 0 Å². The van der Waals surface area contributed by atoms with Gasteiger partial charge in [-0.2, -0.15) is 0 Å². The lowest BCUT2D eigenvalue weighted by Gasteiger charge is -2.31. The lowest BCUT2D eigenvalue weighted by atomic mass is 9.75. The maximum Gasteiger partial charge on any atom is 0.120 e. The second-order valence-electron chi connectivity index (χ2n) is 4.78. The van der Waals surface area contributed by atoms with E-state index in [1.807, 2.05) is 0 Å². The van der Waals surface area contributed by atoms with Crippen molar-refractivity contribution in [1.29, 1.82) is 0 Å². The number of aldehydes is 1. The molecule has 1 saturated carbocycles. The predicted octanol–water partition coefficient (Wildman–Crippen LogP) is 3.43. The standard InChI is InChI=1S/C12H22O/c1-10(2)12-7-3-5-11(9-12)6-4-8-13/h8,10-12H,3-7,9H2,1-2H3. The average molecular weight is 182 g/mol. The molecule has 0 saturated heterocycles. The summed E-state index contributed by atoms with van der Waals surface area (Å²) < 4.78 is 0. The van der Waals surface area contributed by atoms with Gasteiger partial charge in [-0.3, -0.25) is 0 Å². The van der Waals surface area contributed by atoms with Crippen LogP contribution in [0.25, 0.3) is 0 Å². The highest BCUT2D eigenvalue weighted by atomic mass is 16.1. The SMILES string of the molecule is CC(C)C1CCCC(CCC=O)C1. The number of hydrogen-bond acceptors (Lipinski definition) is 1. The molecule has 0 aliphatic heterocycles. The second kappa shape index (κ2) is 5.41. The summed E-state index contributed by atoms with van der Waals surface area (Å²) in [5.41, 5.74) is 0. The van der Waals surface area contributed by atoms with Crippen molar-refractivity contribution >= 4 is 6.29 Å². The largest absolute Gasteiger partial charge is 0.303 e. The third kappa shape index (κ3) is 3.50. The molecule has 0 aromatic carbocycles. The van der Waals surface area contributed by atoms with Crippen LogP contribution in [0.15, 0.2) is 0 Å². The van der Waals surface area contributed by atoms with Gasteiger partial charge in [-0.1, -0.05) is 33.1 Å². The fraction of sp³-hybridized carbons (Fsp3) is 0.917. The lowest BCUT2D eigenvalue weighted by molar-refractivity contribution is -0.108. The molecule has 0 amide bonds. The van der Waals surface area contributed by atoms with Gasteiger partial charge in [-0.05, 0) is 30.6 Å². The number of carbonyl (C=O) groups is 1. The van der Waals surface area contributed by atoms with Crippen molar-refractivity contribution in [3.63, 3.8) is 0 Å². The van der Waals surface area contributed by atoms with Crippen molar-refractivity contribution in [2.45, 2.75) is 52.4 Å². The lowest BCUT2D eigenvalue weighted by Crippen LogP contribution is -2.19. The van der Waals surface area contributed by atoms with E-state index in [0.717, 1.165) is 36.9 Å². The van der Waals surface area contributed by atoms with E-state index in [9.17, 15) is 4.79 Å². The minimum atomic E-state index is 0.773. The molecule has 0 spiro atoms. The van der Waals surface area contributed by atoms with Crippen molar-refractivity contribution in [1.82, 2.24) is 0 Å². The van der Waals surface area contributed by atoms with Crippen molar-refractivity contribution < 1.29 is 4.79 Å². The summed E-state index contributed by atoms with van der Waals surface area (Å²) in [6, 6.07) is 0. The van der Waals surface area contributed by atoms with E-state index in [0.29, 0.717) is 0 Å². The summed E-state index contributed by atoms with van der Waals surface area (Å²) in [6.45, 7) is 4.65. The van der Waals surface area contributed by atoms with Gasteiger partial charge in [0.15, 0.2) is 0 Å². The van der Waals surface area contributed by atoms with Crippen LogP contribution >= 0.6 is 0 Å². The molecular formula is C12H22O. The number of hydrogen-bond donors (Lipinski definition) is 0. The van der Waals surface area contributed by atoms with Crippen molar-refractivity contribution in [2.75, 3.05) is 0 Å². The van der Waals surface area contributed by atoms with E-state index >= 15 is 0 Å². The van der Waals surface area contributed by atoms with Gasteiger partial charge in [0, 0.05) is 6.42 Å². The summed E-state index contributed by atoms with van der Waals surface area (Å²) in [5, 5.41) is 0. The van der Waals surface area contributed by atoms with E-state index in [1.165, 1.54) is 25.7 Å². The first-order valence-corrected chi connectivity index (χ1v) is 5.67. The Morgan fingerprint density at radius 2 is 2.15 bits per heavy atom. The predicted molar refractivity (Wildman–Crippen MR) is 55.6 cm³/mol. The third-order valence-electron chi connectivity index (χ3n) is 3.46. The molecule has 0 radical (unpaired) electrons. The normalized spacial score (nSPS) is 29.2. The smallest absolute Gasteiger partial charge is 0.120 e. The maximum absolute atomic E-state index is 10.3. The highest BCUT2D eigenvalue weighted by Gasteiger charge is 2.23. The summed E-state index contributed by atoms with van der Waals surface area (Å²) in [6.07, 6.45) is 8.49. The average Bonchev–Trinajstić information content (AvgIpc) is 2.15. The Bertz CT molecular complexity index is 151. The van der Waals surface area contributed by atoms with Crippen LogP contribution in [0, 0.1) is 17.8 Å². The van der Waals surface area contributed by atoms with E-state index in [1.54, 1.807) is 0 Å². The van der Waals surface area contributed by atoms with Gasteiger partial charge >= 0.3 is 0 Å². The van der Waals surface area contributed by atoms with Crippen LogP contribution in [0.3, 0.4) is 0 Å². The first-order chi connectivity index (χ1) is 6.24. The molecule has 1 aliphatic rings. The zero-order valence-corrected chi connectivity index (χ0v) is 8.96. The quantitative estimate of drug-likeness (QED) is 0.609. The fourth-order valence-electron chi connectivity index (χ4n) is 2.50. The molecule has 1 fully saturated rings. The van der Waals surface area contributed by atoms with E-state index in [-0.39, 0.29) is 0 Å². The highest BCUT2D eigenvalue weighted by molar-refractivity contribution is 5.49. The Kier molecular flexibility index (Phi) is 4.47.